The second-order valence-electron chi connectivity index (χ2n) is 9.02. The van der Waals surface area contributed by atoms with Crippen molar-refractivity contribution in [3.05, 3.63) is 0 Å². The molecule has 5 nitrogen and oxygen atoms in total. The summed E-state index contributed by atoms with van der Waals surface area (Å²) in [5.74, 6) is 2.35. The third-order valence-corrected chi connectivity index (χ3v) is 5.68. The molecule has 2 fully saturated rings. The van der Waals surface area contributed by atoms with Crippen LogP contribution in [0.3, 0.4) is 0 Å². The van der Waals surface area contributed by atoms with E-state index in [1.54, 1.807) is 0 Å². The Morgan fingerprint density at radius 3 is 2.54 bits per heavy atom. The molecule has 2 atom stereocenters. The van der Waals surface area contributed by atoms with E-state index in [1.165, 1.54) is 25.7 Å². The molecule has 0 radical (unpaired) electrons. The fraction of sp³-hybridized carbons (Fsp3) is 0.952. The summed E-state index contributed by atoms with van der Waals surface area (Å²) in [7, 11) is 2.17. The first-order valence-electron chi connectivity index (χ1n) is 10.6. The second kappa shape index (κ2) is 10.5. The average molecular weight is 368 g/mol. The Labute approximate surface area is 160 Å². The highest BCUT2D eigenvalue weighted by Gasteiger charge is 2.35. The Kier molecular flexibility index (Phi) is 8.68. The van der Waals surface area contributed by atoms with Crippen molar-refractivity contribution in [3.8, 4) is 0 Å². The molecule has 26 heavy (non-hydrogen) atoms. The van der Waals surface area contributed by atoms with Crippen molar-refractivity contribution in [2.24, 2.45) is 22.2 Å². The van der Waals surface area contributed by atoms with Gasteiger partial charge in [-0.05, 0) is 50.4 Å². The quantitative estimate of drug-likeness (QED) is 0.576. The standard InChI is InChI=1S/C21H41N3O2/c1-6-22-20(24(5)12-9-17-10-14-25-15-11-17)23-16-18-8-7-13-26-19(18)21(2,3)4/h17-19H,6-16H2,1-5H3,(H,22,23). The Morgan fingerprint density at radius 2 is 1.88 bits per heavy atom. The largest absolute Gasteiger partial charge is 0.381 e. The van der Waals surface area contributed by atoms with E-state index >= 15 is 0 Å². The normalized spacial score (nSPS) is 26.0. The van der Waals surface area contributed by atoms with Gasteiger partial charge in [0.25, 0.3) is 0 Å². The Balaban J connectivity index is 1.91. The van der Waals surface area contributed by atoms with Crippen LogP contribution in [0.4, 0.5) is 0 Å². The second-order valence-corrected chi connectivity index (χ2v) is 9.02. The molecule has 2 unspecified atom stereocenters. The molecule has 0 saturated carbocycles. The van der Waals surface area contributed by atoms with Crippen LogP contribution in [0, 0.1) is 17.3 Å². The van der Waals surface area contributed by atoms with E-state index in [0.717, 1.165) is 57.8 Å². The first-order valence-corrected chi connectivity index (χ1v) is 10.6. The first-order chi connectivity index (χ1) is 12.4. The number of guanidine groups is 1. The van der Waals surface area contributed by atoms with Crippen molar-refractivity contribution in [2.75, 3.05) is 46.5 Å². The van der Waals surface area contributed by atoms with Gasteiger partial charge >= 0.3 is 0 Å². The number of nitrogens with one attached hydrogen (secondary N) is 1. The van der Waals surface area contributed by atoms with Gasteiger partial charge in [-0.15, -0.1) is 0 Å². The van der Waals surface area contributed by atoms with Gasteiger partial charge in [-0.25, -0.2) is 0 Å². The molecule has 5 heteroatoms. The topological polar surface area (TPSA) is 46.1 Å². The van der Waals surface area contributed by atoms with E-state index in [1.807, 2.05) is 0 Å². The van der Waals surface area contributed by atoms with E-state index in [9.17, 15) is 0 Å². The van der Waals surface area contributed by atoms with Crippen LogP contribution in [0.25, 0.3) is 0 Å². The highest BCUT2D eigenvalue weighted by molar-refractivity contribution is 5.79. The molecule has 0 amide bonds. The van der Waals surface area contributed by atoms with Gasteiger partial charge in [0.15, 0.2) is 5.96 Å². The SMILES string of the molecule is CCNC(=NCC1CCCOC1C(C)(C)C)N(C)CCC1CCOCC1. The maximum absolute atomic E-state index is 6.12. The van der Waals surface area contributed by atoms with Crippen molar-refractivity contribution < 1.29 is 9.47 Å². The third-order valence-electron chi connectivity index (χ3n) is 5.68. The number of hydrogen-bond donors (Lipinski definition) is 1. The molecule has 2 rings (SSSR count). The number of ether oxygens (including phenoxy) is 2. The summed E-state index contributed by atoms with van der Waals surface area (Å²) < 4.78 is 11.6. The molecule has 2 aliphatic rings. The van der Waals surface area contributed by atoms with Crippen LogP contribution in [0.1, 0.15) is 59.8 Å². The zero-order valence-corrected chi connectivity index (χ0v) is 17.7. The fourth-order valence-corrected chi connectivity index (χ4v) is 4.18. The maximum Gasteiger partial charge on any atom is 0.193 e. The minimum absolute atomic E-state index is 0.175. The van der Waals surface area contributed by atoms with Gasteiger partial charge in [0, 0.05) is 52.4 Å². The summed E-state index contributed by atoms with van der Waals surface area (Å²) >= 11 is 0. The predicted molar refractivity (Wildman–Crippen MR) is 109 cm³/mol. The van der Waals surface area contributed by atoms with Crippen molar-refractivity contribution >= 4 is 5.96 Å². The van der Waals surface area contributed by atoms with Crippen LogP contribution in [-0.2, 0) is 9.47 Å². The molecule has 0 aromatic heterocycles. The summed E-state index contributed by atoms with van der Waals surface area (Å²) in [6.07, 6.45) is 6.30. The van der Waals surface area contributed by atoms with E-state index < -0.39 is 0 Å². The number of rotatable bonds is 6. The van der Waals surface area contributed by atoms with Crippen LogP contribution in [0.2, 0.25) is 0 Å². The molecule has 0 aromatic carbocycles. The van der Waals surface area contributed by atoms with Gasteiger partial charge in [0.1, 0.15) is 0 Å². The van der Waals surface area contributed by atoms with Crippen LogP contribution < -0.4 is 5.32 Å². The highest BCUT2D eigenvalue weighted by Crippen LogP contribution is 2.34. The Morgan fingerprint density at radius 1 is 1.15 bits per heavy atom. The lowest BCUT2D eigenvalue weighted by atomic mass is 9.78. The van der Waals surface area contributed by atoms with Crippen molar-refractivity contribution in [1.82, 2.24) is 10.2 Å². The summed E-state index contributed by atoms with van der Waals surface area (Å²) in [5, 5.41) is 3.47. The van der Waals surface area contributed by atoms with Gasteiger partial charge in [-0.1, -0.05) is 20.8 Å². The zero-order chi connectivity index (χ0) is 19.0. The third kappa shape index (κ3) is 6.73. The molecule has 2 heterocycles. The van der Waals surface area contributed by atoms with Gasteiger partial charge in [0.2, 0.25) is 0 Å². The summed E-state index contributed by atoms with van der Waals surface area (Å²) in [5.41, 5.74) is 0.175. The monoisotopic (exact) mass is 367 g/mol. The lowest BCUT2D eigenvalue weighted by Gasteiger charge is -2.39. The lowest BCUT2D eigenvalue weighted by Crippen LogP contribution is -2.43. The zero-order valence-electron chi connectivity index (χ0n) is 17.7. The molecule has 0 aromatic rings. The van der Waals surface area contributed by atoms with E-state index in [4.69, 9.17) is 14.5 Å². The van der Waals surface area contributed by atoms with Crippen LogP contribution in [-0.4, -0.2) is 63.5 Å². The molecule has 2 saturated heterocycles. The summed E-state index contributed by atoms with van der Waals surface area (Å²) in [4.78, 5) is 7.29. The predicted octanol–water partition coefficient (Wildman–Crippen LogP) is 3.54. The number of nitrogens with zero attached hydrogens (tertiary/aromatic N) is 2. The Bertz CT molecular complexity index is 427. The van der Waals surface area contributed by atoms with Gasteiger partial charge < -0.3 is 19.7 Å². The van der Waals surface area contributed by atoms with Gasteiger partial charge in [-0.3, -0.25) is 4.99 Å². The molecule has 0 spiro atoms. The van der Waals surface area contributed by atoms with E-state index in [-0.39, 0.29) is 5.41 Å². The molecule has 0 aliphatic carbocycles. The molecular weight excluding hydrogens is 326 g/mol. The lowest BCUT2D eigenvalue weighted by molar-refractivity contribution is -0.0824. The van der Waals surface area contributed by atoms with Crippen molar-refractivity contribution in [1.29, 1.82) is 0 Å². The van der Waals surface area contributed by atoms with E-state index in [0.29, 0.717) is 12.0 Å². The van der Waals surface area contributed by atoms with Crippen LogP contribution in [0.15, 0.2) is 4.99 Å². The van der Waals surface area contributed by atoms with Crippen LogP contribution in [0.5, 0.6) is 0 Å². The first kappa shape index (κ1) is 21.5. The maximum atomic E-state index is 6.12. The summed E-state index contributed by atoms with van der Waals surface area (Å²) in [6.45, 7) is 14.6. The molecule has 2 aliphatic heterocycles. The molecule has 152 valence electrons. The van der Waals surface area contributed by atoms with E-state index in [2.05, 4.69) is 45.0 Å². The van der Waals surface area contributed by atoms with Crippen molar-refractivity contribution in [3.63, 3.8) is 0 Å². The fourth-order valence-electron chi connectivity index (χ4n) is 4.18. The smallest absolute Gasteiger partial charge is 0.193 e. The highest BCUT2D eigenvalue weighted by atomic mass is 16.5. The van der Waals surface area contributed by atoms with Crippen molar-refractivity contribution in [2.45, 2.75) is 65.9 Å². The van der Waals surface area contributed by atoms with Crippen LogP contribution >= 0.6 is 0 Å². The summed E-state index contributed by atoms with van der Waals surface area (Å²) in [6, 6.07) is 0. The molecule has 0 bridgehead atoms. The number of aliphatic imine (C=N–C) groups is 1. The van der Waals surface area contributed by atoms with Gasteiger partial charge in [-0.2, -0.15) is 0 Å². The van der Waals surface area contributed by atoms with Gasteiger partial charge in [0.05, 0.1) is 6.10 Å². The minimum atomic E-state index is 0.175. The molecule has 1 N–H and O–H groups in total. The minimum Gasteiger partial charge on any atom is -0.381 e. The Hall–Kier alpha value is -0.810. The number of hydrogen-bond acceptors (Lipinski definition) is 3. The molecular formula is C21H41N3O2. The average Bonchev–Trinajstić information content (AvgIpc) is 2.63.